The topological polar surface area (TPSA) is 50.9 Å². The summed E-state index contributed by atoms with van der Waals surface area (Å²) >= 11 is 5.97. The zero-order chi connectivity index (χ0) is 15.8. The van der Waals surface area contributed by atoms with E-state index in [1.807, 2.05) is 42.5 Å². The highest BCUT2D eigenvalue weighted by atomic mass is 35.5. The van der Waals surface area contributed by atoms with Crippen LogP contribution in [0.5, 0.6) is 5.75 Å². The van der Waals surface area contributed by atoms with E-state index in [4.69, 9.17) is 16.7 Å². The minimum absolute atomic E-state index is 0.190. The van der Waals surface area contributed by atoms with Crippen molar-refractivity contribution >= 4 is 22.6 Å². The van der Waals surface area contributed by atoms with Gasteiger partial charge in [0.2, 0.25) is 0 Å². The van der Waals surface area contributed by atoms with E-state index in [9.17, 15) is 5.11 Å². The molecule has 4 nitrogen and oxygen atoms in total. The molecular formula is C18H12ClN3O. The van der Waals surface area contributed by atoms with Crippen LogP contribution in [0.1, 0.15) is 0 Å². The maximum Gasteiger partial charge on any atom is 0.163 e. The molecule has 0 spiro atoms. The second-order valence-corrected chi connectivity index (χ2v) is 5.60. The van der Waals surface area contributed by atoms with Crippen LogP contribution in [-0.2, 0) is 0 Å². The van der Waals surface area contributed by atoms with E-state index in [0.717, 1.165) is 28.0 Å². The van der Waals surface area contributed by atoms with Crippen LogP contribution in [0.25, 0.3) is 28.0 Å². The summed E-state index contributed by atoms with van der Waals surface area (Å²) in [5.41, 5.74) is 3.29. The smallest absolute Gasteiger partial charge is 0.163 e. The molecule has 0 unspecified atom stereocenters. The van der Waals surface area contributed by atoms with E-state index < -0.39 is 0 Å². The molecule has 4 aromatic rings. The third-order valence-electron chi connectivity index (χ3n) is 3.63. The van der Waals surface area contributed by atoms with Crippen molar-refractivity contribution in [3.63, 3.8) is 0 Å². The lowest BCUT2D eigenvalue weighted by Crippen LogP contribution is -1.97. The number of aromatic nitrogens is 3. The fourth-order valence-corrected chi connectivity index (χ4v) is 2.70. The normalized spacial score (nSPS) is 11.0. The third kappa shape index (κ3) is 2.43. The second-order valence-electron chi connectivity index (χ2n) is 5.16. The van der Waals surface area contributed by atoms with Gasteiger partial charge in [-0.3, -0.25) is 0 Å². The number of phenols is 1. The molecule has 2 aromatic carbocycles. The van der Waals surface area contributed by atoms with Crippen molar-refractivity contribution in [1.82, 2.24) is 14.8 Å². The van der Waals surface area contributed by atoms with Crippen molar-refractivity contribution in [2.45, 2.75) is 0 Å². The summed E-state index contributed by atoms with van der Waals surface area (Å²) in [5.74, 6) is 0.190. The fraction of sp³-hybridized carbons (Fsp3) is 0. The number of rotatable bonds is 2. The molecule has 0 saturated carbocycles. The molecule has 2 aromatic heterocycles. The van der Waals surface area contributed by atoms with Gasteiger partial charge >= 0.3 is 0 Å². The number of fused-ring (bicyclic) bond motifs is 1. The Balaban J connectivity index is 1.98. The number of aromatic hydroxyl groups is 1. The van der Waals surface area contributed by atoms with E-state index in [1.54, 1.807) is 29.1 Å². The van der Waals surface area contributed by atoms with Gasteiger partial charge < -0.3 is 5.11 Å². The highest BCUT2D eigenvalue weighted by Gasteiger charge is 2.14. The standard InChI is InChI=1S/C18H12ClN3O/c19-13-8-6-12(7-9-13)17-16-5-2-10-20-18(16)22(21-17)14-3-1-4-15(23)11-14/h1-11,23H. The highest BCUT2D eigenvalue weighted by Crippen LogP contribution is 2.29. The van der Waals surface area contributed by atoms with Gasteiger partial charge in [-0.15, -0.1) is 0 Å². The van der Waals surface area contributed by atoms with Gasteiger partial charge in [-0.05, 0) is 36.4 Å². The number of benzene rings is 2. The Hall–Kier alpha value is -2.85. The maximum atomic E-state index is 9.72. The Labute approximate surface area is 137 Å². The summed E-state index contributed by atoms with van der Waals surface area (Å²) < 4.78 is 1.74. The van der Waals surface area contributed by atoms with E-state index in [2.05, 4.69) is 4.98 Å². The maximum absolute atomic E-state index is 9.72. The summed E-state index contributed by atoms with van der Waals surface area (Å²) in [6.45, 7) is 0. The number of pyridine rings is 1. The summed E-state index contributed by atoms with van der Waals surface area (Å²) in [6, 6.07) is 18.4. The highest BCUT2D eigenvalue weighted by molar-refractivity contribution is 6.30. The molecule has 1 N–H and O–H groups in total. The first-order chi connectivity index (χ1) is 11.2. The predicted octanol–water partition coefficient (Wildman–Crippen LogP) is 4.45. The van der Waals surface area contributed by atoms with Crippen molar-refractivity contribution in [2.75, 3.05) is 0 Å². The van der Waals surface area contributed by atoms with Crippen LogP contribution in [0.3, 0.4) is 0 Å². The number of halogens is 1. The SMILES string of the molecule is Oc1cccc(-n2nc(-c3ccc(Cl)cc3)c3cccnc32)c1. The van der Waals surface area contributed by atoms with Crippen LogP contribution < -0.4 is 0 Å². The summed E-state index contributed by atoms with van der Waals surface area (Å²) in [7, 11) is 0. The lowest BCUT2D eigenvalue weighted by molar-refractivity contribution is 0.475. The van der Waals surface area contributed by atoms with Crippen LogP contribution in [0.4, 0.5) is 0 Å². The Morgan fingerprint density at radius 1 is 0.957 bits per heavy atom. The van der Waals surface area contributed by atoms with Crippen molar-refractivity contribution in [3.8, 4) is 22.7 Å². The van der Waals surface area contributed by atoms with Gasteiger partial charge in [-0.1, -0.05) is 29.8 Å². The molecule has 112 valence electrons. The van der Waals surface area contributed by atoms with E-state index >= 15 is 0 Å². The van der Waals surface area contributed by atoms with Gasteiger partial charge in [0.05, 0.1) is 5.69 Å². The molecule has 23 heavy (non-hydrogen) atoms. The zero-order valence-electron chi connectivity index (χ0n) is 12.0. The van der Waals surface area contributed by atoms with Crippen LogP contribution in [-0.4, -0.2) is 19.9 Å². The van der Waals surface area contributed by atoms with Crippen molar-refractivity contribution in [3.05, 3.63) is 71.9 Å². The average molecular weight is 322 g/mol. The molecule has 0 amide bonds. The molecule has 0 saturated heterocycles. The van der Waals surface area contributed by atoms with Crippen LogP contribution in [0.2, 0.25) is 5.02 Å². The fourth-order valence-electron chi connectivity index (χ4n) is 2.58. The average Bonchev–Trinajstić information content (AvgIpc) is 2.95. The van der Waals surface area contributed by atoms with Gasteiger partial charge in [-0.2, -0.15) is 5.10 Å². The quantitative estimate of drug-likeness (QED) is 0.593. The first-order valence-electron chi connectivity index (χ1n) is 7.11. The minimum Gasteiger partial charge on any atom is -0.508 e. The Morgan fingerprint density at radius 2 is 1.78 bits per heavy atom. The predicted molar refractivity (Wildman–Crippen MR) is 91.0 cm³/mol. The number of nitrogens with zero attached hydrogens (tertiary/aromatic N) is 3. The minimum atomic E-state index is 0.190. The summed E-state index contributed by atoms with van der Waals surface area (Å²) in [5, 5.41) is 16.1. The summed E-state index contributed by atoms with van der Waals surface area (Å²) in [4.78, 5) is 4.44. The van der Waals surface area contributed by atoms with Gasteiger partial charge in [0.25, 0.3) is 0 Å². The Bertz CT molecular complexity index is 993. The second kappa shape index (κ2) is 5.41. The summed E-state index contributed by atoms with van der Waals surface area (Å²) in [6.07, 6.45) is 1.73. The monoisotopic (exact) mass is 321 g/mol. The molecule has 0 radical (unpaired) electrons. The van der Waals surface area contributed by atoms with Crippen LogP contribution in [0, 0.1) is 0 Å². The van der Waals surface area contributed by atoms with Crippen LogP contribution in [0.15, 0.2) is 66.9 Å². The largest absolute Gasteiger partial charge is 0.508 e. The molecule has 0 aliphatic heterocycles. The molecule has 5 heteroatoms. The molecule has 4 rings (SSSR count). The molecule has 2 heterocycles. The van der Waals surface area contributed by atoms with Crippen molar-refractivity contribution in [2.24, 2.45) is 0 Å². The molecule has 0 aliphatic carbocycles. The van der Waals surface area contributed by atoms with Gasteiger partial charge in [-0.25, -0.2) is 9.67 Å². The lowest BCUT2D eigenvalue weighted by atomic mass is 10.1. The van der Waals surface area contributed by atoms with Crippen molar-refractivity contribution in [1.29, 1.82) is 0 Å². The number of hydrogen-bond acceptors (Lipinski definition) is 3. The van der Waals surface area contributed by atoms with Crippen LogP contribution >= 0.6 is 11.6 Å². The van der Waals surface area contributed by atoms with Gasteiger partial charge in [0.15, 0.2) is 5.65 Å². The number of phenolic OH excluding ortho intramolecular Hbond substituents is 1. The van der Waals surface area contributed by atoms with E-state index in [1.165, 1.54) is 0 Å². The molecule has 0 bridgehead atoms. The van der Waals surface area contributed by atoms with Gasteiger partial charge in [0.1, 0.15) is 11.4 Å². The van der Waals surface area contributed by atoms with E-state index in [0.29, 0.717) is 5.02 Å². The third-order valence-corrected chi connectivity index (χ3v) is 3.89. The molecular weight excluding hydrogens is 310 g/mol. The number of hydrogen-bond donors (Lipinski definition) is 1. The van der Waals surface area contributed by atoms with E-state index in [-0.39, 0.29) is 5.75 Å². The molecule has 0 atom stereocenters. The zero-order valence-corrected chi connectivity index (χ0v) is 12.8. The Kier molecular flexibility index (Phi) is 3.24. The van der Waals surface area contributed by atoms with Gasteiger partial charge in [0, 0.05) is 28.2 Å². The van der Waals surface area contributed by atoms with Crippen molar-refractivity contribution < 1.29 is 5.11 Å². The molecule has 0 aliphatic rings. The first kappa shape index (κ1) is 13.8. The first-order valence-corrected chi connectivity index (χ1v) is 7.49. The molecule has 0 fully saturated rings. The Morgan fingerprint density at radius 3 is 2.57 bits per heavy atom. The lowest BCUT2D eigenvalue weighted by Gasteiger charge is -2.02.